The van der Waals surface area contributed by atoms with Crippen molar-refractivity contribution in [2.45, 2.75) is 456 Å². The summed E-state index contributed by atoms with van der Waals surface area (Å²) >= 11 is 0. The fourth-order valence-corrected chi connectivity index (χ4v) is 12.5. The Hall–Kier alpha value is -1.66. The summed E-state index contributed by atoms with van der Waals surface area (Å²) < 4.78 is 5.51. The molecule has 2 atom stereocenters. The van der Waals surface area contributed by atoms with Crippen LogP contribution in [0.3, 0.4) is 0 Å². The number of amides is 1. The largest absolute Gasteiger partial charge is 0.466 e. The minimum atomic E-state index is -0.845. The fraction of sp³-hybridized carbons (Fsp3) is 0.924. The van der Waals surface area contributed by atoms with Crippen LogP contribution in [0.1, 0.15) is 444 Å². The normalized spacial score (nSPS) is 12.6. The number of ether oxygens (including phenoxy) is 1. The average Bonchev–Trinajstić information content (AvgIpc) is 3.51. The maximum atomic E-state index is 12.6. The van der Waals surface area contributed by atoms with Crippen molar-refractivity contribution in [1.29, 1.82) is 0 Å². The van der Waals surface area contributed by atoms with E-state index in [1.807, 2.05) is 6.08 Å². The first-order valence-electron chi connectivity index (χ1n) is 39.1. The number of esters is 1. The molecule has 0 aliphatic carbocycles. The van der Waals surface area contributed by atoms with Gasteiger partial charge >= 0.3 is 5.97 Å². The molecular weight excluding hydrogens is 1040 g/mol. The predicted octanol–water partition coefficient (Wildman–Crippen LogP) is 25.7. The van der Waals surface area contributed by atoms with Gasteiger partial charge in [-0.3, -0.25) is 9.59 Å². The van der Waals surface area contributed by atoms with E-state index < -0.39 is 12.1 Å². The van der Waals surface area contributed by atoms with E-state index in [2.05, 4.69) is 31.3 Å². The molecule has 504 valence electrons. The molecule has 0 aliphatic heterocycles. The molecule has 0 radical (unpaired) electrons. The highest BCUT2D eigenvalue weighted by molar-refractivity contribution is 5.76. The van der Waals surface area contributed by atoms with E-state index in [1.54, 1.807) is 6.08 Å². The predicted molar refractivity (Wildman–Crippen MR) is 375 cm³/mol. The Kier molecular flexibility index (Phi) is 73.3. The molecule has 0 aromatic heterocycles. The molecule has 85 heavy (non-hydrogen) atoms. The quantitative estimate of drug-likeness (QED) is 0.0320. The zero-order valence-corrected chi connectivity index (χ0v) is 57.9. The van der Waals surface area contributed by atoms with Crippen molar-refractivity contribution in [2.24, 2.45) is 0 Å². The number of rotatable bonds is 74. The van der Waals surface area contributed by atoms with E-state index >= 15 is 0 Å². The van der Waals surface area contributed by atoms with Gasteiger partial charge in [0, 0.05) is 12.8 Å². The Morgan fingerprint density at radius 3 is 0.835 bits per heavy atom. The number of carbonyl (C=O) groups excluding carboxylic acids is 2. The van der Waals surface area contributed by atoms with Crippen molar-refractivity contribution in [3.63, 3.8) is 0 Å². The summed E-state index contributed by atoms with van der Waals surface area (Å²) in [4.78, 5) is 24.7. The van der Waals surface area contributed by atoms with Gasteiger partial charge in [0.15, 0.2) is 0 Å². The zero-order valence-electron chi connectivity index (χ0n) is 57.9. The molecule has 0 rings (SSSR count). The standard InChI is InChI=1S/C79H153NO5/c1-3-5-7-9-11-13-15-17-19-21-22-23-24-27-30-33-36-40-43-47-51-55-59-63-67-71-77(82)76(75-81)80-78(83)72-68-64-60-56-52-48-44-41-37-34-31-28-25-26-29-32-35-38-42-46-50-54-58-62-66-70-74-85-79(84)73-69-65-61-57-53-49-45-39-20-18-16-14-12-10-8-6-4-2/h18,20,67,71,76-77,81-82H,3-17,19,21-66,68-70,72-75H2,1-2H3,(H,80,83)/b20-18-,71-67+. The van der Waals surface area contributed by atoms with Gasteiger partial charge in [0.25, 0.3) is 0 Å². The third-order valence-corrected chi connectivity index (χ3v) is 18.5. The maximum Gasteiger partial charge on any atom is 0.305 e. The Morgan fingerprint density at radius 2 is 0.553 bits per heavy atom. The number of nitrogens with one attached hydrogen (secondary N) is 1. The summed E-state index contributed by atoms with van der Waals surface area (Å²) in [6.07, 6.45) is 95.7. The van der Waals surface area contributed by atoms with Crippen LogP contribution in [0.25, 0.3) is 0 Å². The van der Waals surface area contributed by atoms with E-state index in [1.165, 1.54) is 372 Å². The van der Waals surface area contributed by atoms with Crippen LogP contribution in [0, 0.1) is 0 Å². The molecule has 3 N–H and O–H groups in total. The van der Waals surface area contributed by atoms with E-state index in [-0.39, 0.29) is 18.5 Å². The molecule has 0 spiro atoms. The molecule has 0 saturated carbocycles. The number of carbonyl (C=O) groups is 2. The zero-order chi connectivity index (χ0) is 61.3. The van der Waals surface area contributed by atoms with Gasteiger partial charge in [-0.15, -0.1) is 0 Å². The van der Waals surface area contributed by atoms with Crippen LogP contribution in [0.5, 0.6) is 0 Å². The van der Waals surface area contributed by atoms with Crippen LogP contribution in [0.4, 0.5) is 0 Å². The van der Waals surface area contributed by atoms with Gasteiger partial charge in [-0.2, -0.15) is 0 Å². The van der Waals surface area contributed by atoms with Gasteiger partial charge in [0.2, 0.25) is 5.91 Å². The third kappa shape index (κ3) is 71.3. The van der Waals surface area contributed by atoms with Crippen molar-refractivity contribution >= 4 is 11.9 Å². The first kappa shape index (κ1) is 83.3. The van der Waals surface area contributed by atoms with Crippen LogP contribution < -0.4 is 5.32 Å². The SMILES string of the molecule is CCCCCCCC/C=C\CCCCCCCCCC(=O)OCCCCCCCCCCCCCCCCCCCCCCCCCCCCC(=O)NC(CO)C(O)/C=C/CCCCCCCCCCCCCCCCCCCCCCCCC. The highest BCUT2D eigenvalue weighted by Gasteiger charge is 2.18. The first-order valence-corrected chi connectivity index (χ1v) is 39.1. The van der Waals surface area contributed by atoms with E-state index in [9.17, 15) is 19.8 Å². The Labute approximate surface area is 532 Å². The molecule has 0 fully saturated rings. The topological polar surface area (TPSA) is 95.9 Å². The second-order valence-corrected chi connectivity index (χ2v) is 27.0. The van der Waals surface area contributed by atoms with Crippen molar-refractivity contribution in [2.75, 3.05) is 13.2 Å². The summed E-state index contributed by atoms with van der Waals surface area (Å²) in [5, 5.41) is 23.3. The molecule has 1 amide bonds. The van der Waals surface area contributed by atoms with Crippen LogP contribution in [0.15, 0.2) is 24.3 Å². The number of hydrogen-bond acceptors (Lipinski definition) is 5. The van der Waals surface area contributed by atoms with E-state index in [4.69, 9.17) is 4.74 Å². The van der Waals surface area contributed by atoms with Crippen LogP contribution in [0.2, 0.25) is 0 Å². The molecule has 6 nitrogen and oxygen atoms in total. The van der Waals surface area contributed by atoms with Gasteiger partial charge in [-0.25, -0.2) is 0 Å². The molecule has 0 heterocycles. The summed E-state index contributed by atoms with van der Waals surface area (Å²) in [5.41, 5.74) is 0. The lowest BCUT2D eigenvalue weighted by Crippen LogP contribution is -2.45. The Morgan fingerprint density at radius 1 is 0.318 bits per heavy atom. The minimum Gasteiger partial charge on any atom is -0.466 e. The summed E-state index contributed by atoms with van der Waals surface area (Å²) in [6.45, 7) is 4.95. The molecule has 0 bridgehead atoms. The molecule has 2 unspecified atom stereocenters. The van der Waals surface area contributed by atoms with Gasteiger partial charge in [0.1, 0.15) is 0 Å². The number of allylic oxidation sites excluding steroid dienone is 3. The number of hydrogen-bond donors (Lipinski definition) is 3. The van der Waals surface area contributed by atoms with Crippen molar-refractivity contribution in [3.05, 3.63) is 24.3 Å². The van der Waals surface area contributed by atoms with Gasteiger partial charge < -0.3 is 20.3 Å². The number of aliphatic hydroxyl groups is 2. The molecule has 6 heteroatoms. The summed E-state index contributed by atoms with van der Waals surface area (Å²) in [7, 11) is 0. The van der Waals surface area contributed by atoms with Crippen molar-refractivity contribution in [3.8, 4) is 0 Å². The Balaban J connectivity index is 3.38. The lowest BCUT2D eigenvalue weighted by atomic mass is 10.0. The monoisotopic (exact) mass is 1200 g/mol. The summed E-state index contributed by atoms with van der Waals surface area (Å²) in [5.74, 6) is -0.0457. The fourth-order valence-electron chi connectivity index (χ4n) is 12.5. The lowest BCUT2D eigenvalue weighted by molar-refractivity contribution is -0.143. The molecule has 0 aromatic rings. The van der Waals surface area contributed by atoms with Gasteiger partial charge in [-0.05, 0) is 57.8 Å². The molecule has 0 saturated heterocycles. The minimum absolute atomic E-state index is 0.0147. The highest BCUT2D eigenvalue weighted by atomic mass is 16.5. The second-order valence-electron chi connectivity index (χ2n) is 27.0. The highest BCUT2D eigenvalue weighted by Crippen LogP contribution is 2.20. The Bertz CT molecular complexity index is 1330. The van der Waals surface area contributed by atoms with Crippen LogP contribution in [-0.2, 0) is 14.3 Å². The number of aliphatic hydroxyl groups excluding tert-OH is 2. The molecule has 0 aliphatic rings. The van der Waals surface area contributed by atoms with Gasteiger partial charge in [0.05, 0.1) is 25.4 Å². The molecular formula is C79H153NO5. The first-order chi connectivity index (χ1) is 42.0. The smallest absolute Gasteiger partial charge is 0.305 e. The maximum absolute atomic E-state index is 12.6. The lowest BCUT2D eigenvalue weighted by Gasteiger charge is -2.20. The third-order valence-electron chi connectivity index (χ3n) is 18.5. The average molecular weight is 1200 g/mol. The van der Waals surface area contributed by atoms with Crippen LogP contribution in [-0.4, -0.2) is 47.4 Å². The summed E-state index contributed by atoms with van der Waals surface area (Å²) in [6, 6.07) is -0.628. The van der Waals surface area contributed by atoms with E-state index in [0.717, 1.165) is 44.9 Å². The van der Waals surface area contributed by atoms with Crippen molar-refractivity contribution < 1.29 is 24.5 Å². The van der Waals surface area contributed by atoms with E-state index in [0.29, 0.717) is 19.4 Å². The van der Waals surface area contributed by atoms with Crippen LogP contribution >= 0.6 is 0 Å². The van der Waals surface area contributed by atoms with Crippen molar-refractivity contribution in [1.82, 2.24) is 5.32 Å². The molecule has 0 aromatic carbocycles. The second kappa shape index (κ2) is 74.8. The number of unbranched alkanes of at least 4 members (excludes halogenated alkanes) is 61. The van der Waals surface area contributed by atoms with Gasteiger partial charge in [-0.1, -0.05) is 398 Å².